The molecule has 0 fully saturated rings. The predicted molar refractivity (Wildman–Crippen MR) is 66.0 cm³/mol. The van der Waals surface area contributed by atoms with Crippen LogP contribution in [-0.4, -0.2) is 18.2 Å². The minimum absolute atomic E-state index is 0.0367. The summed E-state index contributed by atoms with van der Waals surface area (Å²) in [6.45, 7) is 0.380. The summed E-state index contributed by atoms with van der Waals surface area (Å²) in [6.07, 6.45) is 1.37. The number of methoxy groups -OCH3 is 1. The van der Waals surface area contributed by atoms with Crippen molar-refractivity contribution >= 4 is 11.7 Å². The molecule has 1 aromatic heterocycles. The number of hydrogen-bond acceptors (Lipinski definition) is 4. The molecule has 0 saturated carbocycles. The molecular weight excluding hydrogens is 234 g/mol. The summed E-state index contributed by atoms with van der Waals surface area (Å²) >= 11 is 0. The number of carboxylic acids is 1. The maximum Gasteiger partial charge on any atom is 0.372 e. The molecule has 0 aliphatic carbocycles. The van der Waals surface area contributed by atoms with Gasteiger partial charge in [0.15, 0.2) is 0 Å². The average molecular weight is 247 g/mol. The number of furan rings is 1. The molecule has 0 radical (unpaired) electrons. The Morgan fingerprint density at radius 1 is 1.44 bits per heavy atom. The van der Waals surface area contributed by atoms with Crippen molar-refractivity contribution in [1.29, 1.82) is 0 Å². The number of ether oxygens (including phenoxy) is 1. The van der Waals surface area contributed by atoms with E-state index in [1.54, 1.807) is 13.2 Å². The topological polar surface area (TPSA) is 71.7 Å². The summed E-state index contributed by atoms with van der Waals surface area (Å²) in [5.74, 6) is -0.363. The van der Waals surface area contributed by atoms with E-state index in [1.165, 1.54) is 6.26 Å². The summed E-state index contributed by atoms with van der Waals surface area (Å²) in [5.41, 5.74) is 1.46. The van der Waals surface area contributed by atoms with Crippen LogP contribution < -0.4 is 10.1 Å². The van der Waals surface area contributed by atoms with E-state index in [4.69, 9.17) is 14.3 Å². The Bertz CT molecular complexity index is 547. The van der Waals surface area contributed by atoms with Crippen LogP contribution in [0.1, 0.15) is 16.1 Å². The lowest BCUT2D eigenvalue weighted by Crippen LogP contribution is -2.04. The first kappa shape index (κ1) is 12.0. The zero-order chi connectivity index (χ0) is 13.0. The van der Waals surface area contributed by atoms with Crippen molar-refractivity contribution in [2.45, 2.75) is 6.54 Å². The van der Waals surface area contributed by atoms with Gasteiger partial charge in [-0.05, 0) is 18.2 Å². The molecule has 5 nitrogen and oxygen atoms in total. The van der Waals surface area contributed by atoms with E-state index in [0.717, 1.165) is 11.4 Å². The third kappa shape index (κ3) is 2.63. The minimum atomic E-state index is -1.07. The van der Waals surface area contributed by atoms with Gasteiger partial charge in [0.05, 0.1) is 13.4 Å². The Morgan fingerprint density at radius 2 is 2.28 bits per heavy atom. The standard InChI is InChI=1S/C13H13NO4/c1-17-11-4-2-3-10(7-11)14-8-9-5-6-18-12(9)13(15)16/h2-7,14H,8H2,1H3,(H,15,16). The lowest BCUT2D eigenvalue weighted by molar-refractivity contribution is 0.0661. The van der Waals surface area contributed by atoms with Gasteiger partial charge in [0.1, 0.15) is 5.75 Å². The first-order valence-electron chi connectivity index (χ1n) is 5.38. The first-order chi connectivity index (χ1) is 8.70. The predicted octanol–water partition coefficient (Wildman–Crippen LogP) is 2.60. The Morgan fingerprint density at radius 3 is 3.00 bits per heavy atom. The molecule has 2 N–H and O–H groups in total. The van der Waals surface area contributed by atoms with Gasteiger partial charge in [0.25, 0.3) is 0 Å². The molecule has 0 atom stereocenters. The maximum atomic E-state index is 10.9. The number of rotatable bonds is 5. The Labute approximate surface area is 104 Å². The molecule has 0 saturated heterocycles. The molecule has 0 aliphatic rings. The van der Waals surface area contributed by atoms with E-state index < -0.39 is 5.97 Å². The zero-order valence-corrected chi connectivity index (χ0v) is 9.84. The third-order valence-corrected chi connectivity index (χ3v) is 2.49. The van der Waals surface area contributed by atoms with Gasteiger partial charge in [-0.3, -0.25) is 0 Å². The van der Waals surface area contributed by atoms with Gasteiger partial charge in [-0.25, -0.2) is 4.79 Å². The van der Waals surface area contributed by atoms with Crippen LogP contribution in [-0.2, 0) is 6.54 Å². The number of aromatic carboxylic acids is 1. The number of benzene rings is 1. The average Bonchev–Trinajstić information content (AvgIpc) is 2.85. The van der Waals surface area contributed by atoms with Crippen molar-refractivity contribution in [3.05, 3.63) is 47.9 Å². The smallest absolute Gasteiger partial charge is 0.372 e. The van der Waals surface area contributed by atoms with E-state index >= 15 is 0 Å². The van der Waals surface area contributed by atoms with Crippen molar-refractivity contribution in [2.75, 3.05) is 12.4 Å². The Kier molecular flexibility index (Phi) is 3.52. The highest BCUT2D eigenvalue weighted by Crippen LogP contribution is 2.18. The van der Waals surface area contributed by atoms with Crippen LogP contribution in [0.15, 0.2) is 41.0 Å². The molecule has 94 valence electrons. The summed E-state index contributed by atoms with van der Waals surface area (Å²) in [4.78, 5) is 10.9. The highest BCUT2D eigenvalue weighted by Gasteiger charge is 2.13. The molecule has 2 rings (SSSR count). The molecule has 1 aromatic carbocycles. The molecule has 1 heterocycles. The van der Waals surface area contributed by atoms with Crippen LogP contribution in [0.5, 0.6) is 5.75 Å². The lowest BCUT2D eigenvalue weighted by Gasteiger charge is -2.07. The van der Waals surface area contributed by atoms with Crippen molar-refractivity contribution in [2.24, 2.45) is 0 Å². The van der Waals surface area contributed by atoms with Crippen molar-refractivity contribution in [3.8, 4) is 5.75 Å². The number of carbonyl (C=O) groups is 1. The second-order valence-corrected chi connectivity index (χ2v) is 3.67. The summed E-state index contributed by atoms with van der Waals surface area (Å²) in [5, 5.41) is 12.0. The molecule has 2 aromatic rings. The molecule has 0 aliphatic heterocycles. The quantitative estimate of drug-likeness (QED) is 0.849. The van der Waals surface area contributed by atoms with Crippen LogP contribution in [0.4, 0.5) is 5.69 Å². The molecule has 5 heteroatoms. The van der Waals surface area contributed by atoms with E-state index in [0.29, 0.717) is 12.1 Å². The van der Waals surface area contributed by atoms with Crippen LogP contribution in [0.2, 0.25) is 0 Å². The second-order valence-electron chi connectivity index (χ2n) is 3.67. The Hall–Kier alpha value is -2.43. The minimum Gasteiger partial charge on any atom is -0.497 e. The SMILES string of the molecule is COc1cccc(NCc2ccoc2C(=O)O)c1. The van der Waals surface area contributed by atoms with Gasteiger partial charge >= 0.3 is 5.97 Å². The van der Waals surface area contributed by atoms with Gasteiger partial charge in [-0.1, -0.05) is 6.07 Å². The fraction of sp³-hybridized carbons (Fsp3) is 0.154. The van der Waals surface area contributed by atoms with Gasteiger partial charge in [-0.15, -0.1) is 0 Å². The van der Waals surface area contributed by atoms with Gasteiger partial charge in [-0.2, -0.15) is 0 Å². The van der Waals surface area contributed by atoms with Crippen LogP contribution >= 0.6 is 0 Å². The van der Waals surface area contributed by atoms with Crippen LogP contribution in [0.25, 0.3) is 0 Å². The first-order valence-corrected chi connectivity index (χ1v) is 5.38. The van der Waals surface area contributed by atoms with Crippen LogP contribution in [0.3, 0.4) is 0 Å². The van der Waals surface area contributed by atoms with Crippen molar-refractivity contribution in [1.82, 2.24) is 0 Å². The van der Waals surface area contributed by atoms with E-state index in [1.807, 2.05) is 24.3 Å². The second kappa shape index (κ2) is 5.27. The number of hydrogen-bond donors (Lipinski definition) is 2. The normalized spacial score (nSPS) is 10.1. The van der Waals surface area contributed by atoms with Crippen LogP contribution in [0, 0.1) is 0 Å². The van der Waals surface area contributed by atoms with E-state index in [-0.39, 0.29) is 5.76 Å². The van der Waals surface area contributed by atoms with Gasteiger partial charge in [0, 0.05) is 23.9 Å². The molecule has 0 spiro atoms. The lowest BCUT2D eigenvalue weighted by atomic mass is 10.2. The molecule has 0 unspecified atom stereocenters. The fourth-order valence-electron chi connectivity index (χ4n) is 1.59. The van der Waals surface area contributed by atoms with Crippen molar-refractivity contribution < 1.29 is 19.1 Å². The van der Waals surface area contributed by atoms with E-state index in [9.17, 15) is 4.79 Å². The van der Waals surface area contributed by atoms with Gasteiger partial charge in [0.2, 0.25) is 5.76 Å². The molecule has 18 heavy (non-hydrogen) atoms. The molecular formula is C13H13NO4. The zero-order valence-electron chi connectivity index (χ0n) is 9.84. The number of carboxylic acid groups (broad SMARTS) is 1. The highest BCUT2D eigenvalue weighted by atomic mass is 16.5. The monoisotopic (exact) mass is 247 g/mol. The molecule has 0 amide bonds. The largest absolute Gasteiger partial charge is 0.497 e. The fourth-order valence-corrected chi connectivity index (χ4v) is 1.59. The Balaban J connectivity index is 2.06. The number of anilines is 1. The van der Waals surface area contributed by atoms with Gasteiger partial charge < -0.3 is 19.6 Å². The number of nitrogens with one attached hydrogen (secondary N) is 1. The van der Waals surface area contributed by atoms with E-state index in [2.05, 4.69) is 5.32 Å². The summed E-state index contributed by atoms with van der Waals surface area (Å²) in [7, 11) is 1.59. The molecule has 0 bridgehead atoms. The third-order valence-electron chi connectivity index (χ3n) is 2.49. The maximum absolute atomic E-state index is 10.9. The highest BCUT2D eigenvalue weighted by molar-refractivity contribution is 5.86. The summed E-state index contributed by atoms with van der Waals surface area (Å²) < 4.78 is 10.00. The summed E-state index contributed by atoms with van der Waals surface area (Å²) in [6, 6.07) is 9.04. The van der Waals surface area contributed by atoms with Crippen molar-refractivity contribution in [3.63, 3.8) is 0 Å².